The van der Waals surface area contributed by atoms with E-state index in [1.807, 2.05) is 72.1 Å². The van der Waals surface area contributed by atoms with Gasteiger partial charge in [-0.1, -0.05) is 54.6 Å². The number of rotatable bonds is 6. The normalized spacial score (nSPS) is 11.5. The summed E-state index contributed by atoms with van der Waals surface area (Å²) in [5.41, 5.74) is 7.94. The Morgan fingerprint density at radius 3 is 2.38 bits per heavy atom. The number of nitrogens with two attached hydrogens (primary N) is 1. The van der Waals surface area contributed by atoms with Crippen LogP contribution in [-0.2, 0) is 4.79 Å². The Morgan fingerprint density at radius 1 is 0.962 bits per heavy atom. The predicted molar refractivity (Wildman–Crippen MR) is 105 cm³/mol. The third-order valence-corrected chi connectivity index (χ3v) is 4.86. The second-order valence-electron chi connectivity index (χ2n) is 5.74. The zero-order chi connectivity index (χ0) is 18.4. The van der Waals surface area contributed by atoms with Crippen molar-refractivity contribution in [3.63, 3.8) is 0 Å². The molecule has 2 aromatic carbocycles. The van der Waals surface area contributed by atoms with E-state index < -0.39 is 12.1 Å². The zero-order valence-corrected chi connectivity index (χ0v) is 14.8. The van der Waals surface area contributed by atoms with Crippen LogP contribution in [0.4, 0.5) is 10.5 Å². The molecule has 0 saturated carbocycles. The van der Waals surface area contributed by atoms with Gasteiger partial charge in [-0.15, -0.1) is 11.3 Å². The van der Waals surface area contributed by atoms with Gasteiger partial charge in [-0.25, -0.2) is 4.79 Å². The van der Waals surface area contributed by atoms with Crippen molar-refractivity contribution < 1.29 is 9.59 Å². The molecule has 3 amide bonds. The molecule has 1 aromatic heterocycles. The molecule has 3 aromatic rings. The summed E-state index contributed by atoms with van der Waals surface area (Å²) in [6, 6.07) is 20.1. The third-order valence-electron chi connectivity index (χ3n) is 3.88. The Kier molecular flexibility index (Phi) is 5.66. The molecule has 26 heavy (non-hydrogen) atoms. The van der Waals surface area contributed by atoms with Crippen molar-refractivity contribution >= 4 is 29.0 Å². The summed E-state index contributed by atoms with van der Waals surface area (Å²) in [6.45, 7) is 0. The van der Waals surface area contributed by atoms with Crippen LogP contribution >= 0.6 is 11.3 Å². The molecule has 0 fully saturated rings. The van der Waals surface area contributed by atoms with Crippen molar-refractivity contribution in [2.45, 2.75) is 12.5 Å². The summed E-state index contributed by atoms with van der Waals surface area (Å²) in [6.07, 6.45) is 0.104. The molecule has 0 spiro atoms. The molecule has 0 radical (unpaired) electrons. The Bertz CT molecular complexity index is 879. The van der Waals surface area contributed by atoms with E-state index in [-0.39, 0.29) is 12.3 Å². The average Bonchev–Trinajstić information content (AvgIpc) is 3.17. The van der Waals surface area contributed by atoms with Gasteiger partial charge >= 0.3 is 6.03 Å². The lowest BCUT2D eigenvalue weighted by atomic mass is 10.0. The largest absolute Gasteiger partial charge is 0.352 e. The van der Waals surface area contributed by atoms with Crippen LogP contribution in [0.25, 0.3) is 11.1 Å². The molecule has 132 valence electrons. The van der Waals surface area contributed by atoms with Crippen LogP contribution in [0.1, 0.15) is 17.3 Å². The number of para-hydroxylation sites is 1. The molecule has 1 heterocycles. The van der Waals surface area contributed by atoms with Gasteiger partial charge in [0, 0.05) is 16.1 Å². The van der Waals surface area contributed by atoms with E-state index in [0.717, 1.165) is 21.7 Å². The summed E-state index contributed by atoms with van der Waals surface area (Å²) in [5.74, 6) is -0.194. The molecule has 0 aliphatic heterocycles. The van der Waals surface area contributed by atoms with Crippen LogP contribution in [0, 0.1) is 0 Å². The van der Waals surface area contributed by atoms with Crippen molar-refractivity contribution in [3.05, 3.63) is 77.0 Å². The topological polar surface area (TPSA) is 84.2 Å². The van der Waals surface area contributed by atoms with Crippen molar-refractivity contribution in [1.82, 2.24) is 5.32 Å². The number of urea groups is 1. The predicted octanol–water partition coefficient (Wildman–Crippen LogP) is 4.15. The van der Waals surface area contributed by atoms with E-state index in [1.165, 1.54) is 11.3 Å². The Morgan fingerprint density at radius 2 is 1.69 bits per heavy atom. The first kappa shape index (κ1) is 17.7. The van der Waals surface area contributed by atoms with Gasteiger partial charge in [-0.05, 0) is 23.1 Å². The van der Waals surface area contributed by atoms with Crippen molar-refractivity contribution in [1.29, 1.82) is 0 Å². The first-order valence-electron chi connectivity index (χ1n) is 8.17. The quantitative estimate of drug-likeness (QED) is 0.613. The lowest BCUT2D eigenvalue weighted by Crippen LogP contribution is -2.34. The van der Waals surface area contributed by atoms with Gasteiger partial charge in [0.05, 0.1) is 12.5 Å². The smallest absolute Gasteiger partial charge is 0.312 e. The molecule has 3 rings (SSSR count). The minimum Gasteiger partial charge on any atom is -0.352 e. The second kappa shape index (κ2) is 8.31. The SMILES string of the molecule is NC(=O)N[C@H](CC(=O)Nc1ccccc1-c1ccccc1)c1cccs1. The summed E-state index contributed by atoms with van der Waals surface area (Å²) < 4.78 is 0. The fourth-order valence-electron chi connectivity index (χ4n) is 2.73. The lowest BCUT2D eigenvalue weighted by Gasteiger charge is -2.17. The van der Waals surface area contributed by atoms with Gasteiger partial charge < -0.3 is 16.4 Å². The molecular formula is C20H19N3O2S. The van der Waals surface area contributed by atoms with Crippen LogP contribution in [0.5, 0.6) is 0 Å². The minimum atomic E-state index is -0.652. The number of hydrogen-bond acceptors (Lipinski definition) is 3. The number of amides is 3. The van der Waals surface area contributed by atoms with Crippen molar-refractivity contribution in [2.75, 3.05) is 5.32 Å². The number of carbonyl (C=O) groups excluding carboxylic acids is 2. The Hall–Kier alpha value is -3.12. The number of anilines is 1. The second-order valence-corrected chi connectivity index (χ2v) is 6.72. The highest BCUT2D eigenvalue weighted by Gasteiger charge is 2.19. The number of hydrogen-bond donors (Lipinski definition) is 3. The first-order chi connectivity index (χ1) is 12.6. The van der Waals surface area contributed by atoms with Crippen LogP contribution < -0.4 is 16.4 Å². The number of thiophene rings is 1. The first-order valence-corrected chi connectivity index (χ1v) is 9.05. The van der Waals surface area contributed by atoms with E-state index in [2.05, 4.69) is 10.6 Å². The van der Waals surface area contributed by atoms with E-state index in [9.17, 15) is 9.59 Å². The summed E-state index contributed by atoms with van der Waals surface area (Å²) in [7, 11) is 0. The molecule has 0 aliphatic carbocycles. The maximum absolute atomic E-state index is 12.6. The van der Waals surface area contributed by atoms with Gasteiger partial charge in [0.1, 0.15) is 0 Å². The van der Waals surface area contributed by atoms with E-state index >= 15 is 0 Å². The zero-order valence-electron chi connectivity index (χ0n) is 14.0. The van der Waals surface area contributed by atoms with Gasteiger partial charge in [0.15, 0.2) is 0 Å². The number of benzene rings is 2. The Labute approximate surface area is 155 Å². The monoisotopic (exact) mass is 365 g/mol. The molecule has 0 aliphatic rings. The summed E-state index contributed by atoms with van der Waals surface area (Å²) in [5, 5.41) is 7.48. The maximum Gasteiger partial charge on any atom is 0.312 e. The van der Waals surface area contributed by atoms with E-state index in [0.29, 0.717) is 0 Å². The van der Waals surface area contributed by atoms with Gasteiger partial charge in [-0.2, -0.15) is 0 Å². The van der Waals surface area contributed by atoms with Gasteiger partial charge in [-0.3, -0.25) is 4.79 Å². The van der Waals surface area contributed by atoms with Crippen molar-refractivity contribution in [3.8, 4) is 11.1 Å². The molecule has 1 atom stereocenters. The van der Waals surface area contributed by atoms with E-state index in [4.69, 9.17) is 5.73 Å². The fraction of sp³-hybridized carbons (Fsp3) is 0.100. The Balaban J connectivity index is 1.77. The van der Waals surface area contributed by atoms with Crippen LogP contribution in [-0.4, -0.2) is 11.9 Å². The van der Waals surface area contributed by atoms with E-state index in [1.54, 1.807) is 0 Å². The number of carbonyl (C=O) groups is 2. The van der Waals surface area contributed by atoms with Crippen LogP contribution in [0.15, 0.2) is 72.1 Å². The highest BCUT2D eigenvalue weighted by atomic mass is 32.1. The van der Waals surface area contributed by atoms with Crippen LogP contribution in [0.2, 0.25) is 0 Å². The third kappa shape index (κ3) is 4.49. The molecule has 4 N–H and O–H groups in total. The van der Waals surface area contributed by atoms with Gasteiger partial charge in [0.25, 0.3) is 0 Å². The van der Waals surface area contributed by atoms with Crippen molar-refractivity contribution in [2.24, 2.45) is 5.73 Å². The molecule has 0 saturated heterocycles. The molecule has 0 unspecified atom stereocenters. The standard InChI is InChI=1S/C20H19N3O2S/c21-20(25)23-17(18-11-6-12-26-18)13-19(24)22-16-10-5-4-9-15(16)14-7-2-1-3-8-14/h1-12,17H,13H2,(H,22,24)(H3,21,23,25)/t17-/m1/s1. The molecule has 6 heteroatoms. The van der Waals surface area contributed by atoms with Crippen LogP contribution in [0.3, 0.4) is 0 Å². The average molecular weight is 365 g/mol. The highest BCUT2D eigenvalue weighted by molar-refractivity contribution is 7.10. The molecular weight excluding hydrogens is 346 g/mol. The molecule has 0 bridgehead atoms. The molecule has 5 nitrogen and oxygen atoms in total. The fourth-order valence-corrected chi connectivity index (χ4v) is 3.51. The highest BCUT2D eigenvalue weighted by Crippen LogP contribution is 2.28. The summed E-state index contributed by atoms with van der Waals surface area (Å²) >= 11 is 1.47. The maximum atomic E-state index is 12.6. The summed E-state index contributed by atoms with van der Waals surface area (Å²) in [4.78, 5) is 24.7. The lowest BCUT2D eigenvalue weighted by molar-refractivity contribution is -0.116. The number of primary amides is 1. The van der Waals surface area contributed by atoms with Gasteiger partial charge in [0.2, 0.25) is 5.91 Å². The minimum absolute atomic E-state index is 0.104. The number of nitrogens with one attached hydrogen (secondary N) is 2.